The van der Waals surface area contributed by atoms with Gasteiger partial charge < -0.3 is 4.74 Å². The van der Waals surface area contributed by atoms with E-state index in [9.17, 15) is 0 Å². The maximum absolute atomic E-state index is 8.85. The minimum absolute atomic E-state index is 0.255. The van der Waals surface area contributed by atoms with Crippen LogP contribution in [0.5, 0.6) is 0 Å². The Labute approximate surface area is 104 Å². The number of rotatable bonds is 3. The molecule has 0 aliphatic heterocycles. The van der Waals surface area contributed by atoms with Crippen molar-refractivity contribution in [3.8, 4) is 6.07 Å². The van der Waals surface area contributed by atoms with Crippen molar-refractivity contribution in [3.63, 3.8) is 0 Å². The zero-order valence-corrected chi connectivity index (χ0v) is 11.0. The molecule has 4 fully saturated rings. The van der Waals surface area contributed by atoms with E-state index in [0.717, 1.165) is 23.7 Å². The van der Waals surface area contributed by atoms with Gasteiger partial charge in [0, 0.05) is 0 Å². The molecule has 0 spiro atoms. The van der Waals surface area contributed by atoms with Crippen LogP contribution in [0.4, 0.5) is 0 Å². The van der Waals surface area contributed by atoms with E-state index in [4.69, 9.17) is 10.00 Å². The van der Waals surface area contributed by atoms with Crippen LogP contribution in [0.2, 0.25) is 0 Å². The summed E-state index contributed by atoms with van der Waals surface area (Å²) in [5, 5.41) is 8.85. The molecule has 94 valence electrons. The molecular weight excluding hydrogens is 210 g/mol. The molecule has 4 aliphatic carbocycles. The Kier molecular flexibility index (Phi) is 2.70. The molecule has 4 saturated carbocycles. The molecule has 0 unspecified atom stereocenters. The number of ether oxygens (including phenoxy) is 1. The minimum atomic E-state index is -0.255. The Morgan fingerprint density at radius 3 is 2.06 bits per heavy atom. The number of nitriles is 1. The molecule has 0 aromatic heterocycles. The van der Waals surface area contributed by atoms with Crippen molar-refractivity contribution in [1.82, 2.24) is 0 Å². The third-order valence-electron chi connectivity index (χ3n) is 5.10. The first kappa shape index (κ1) is 11.5. The third kappa shape index (κ3) is 2.10. The summed E-state index contributed by atoms with van der Waals surface area (Å²) in [6, 6.07) is 2.26. The molecule has 0 amide bonds. The first-order valence-corrected chi connectivity index (χ1v) is 7.12. The zero-order chi connectivity index (χ0) is 12.0. The van der Waals surface area contributed by atoms with E-state index in [-0.39, 0.29) is 5.60 Å². The molecule has 17 heavy (non-hydrogen) atoms. The summed E-state index contributed by atoms with van der Waals surface area (Å²) in [6.45, 7) is 4.14. The fraction of sp³-hybridized carbons (Fsp3) is 0.933. The summed E-state index contributed by atoms with van der Waals surface area (Å²) in [6.07, 6.45) is 8.00. The maximum Gasteiger partial charge on any atom is 0.0759 e. The first-order chi connectivity index (χ1) is 8.07. The molecule has 0 N–H and O–H groups in total. The van der Waals surface area contributed by atoms with Crippen molar-refractivity contribution in [1.29, 1.82) is 5.26 Å². The highest BCUT2D eigenvalue weighted by Gasteiger charge is 2.49. The van der Waals surface area contributed by atoms with Gasteiger partial charge >= 0.3 is 0 Å². The lowest BCUT2D eigenvalue weighted by molar-refractivity contribution is -0.176. The van der Waals surface area contributed by atoms with Gasteiger partial charge in [0.25, 0.3) is 0 Å². The van der Waals surface area contributed by atoms with Crippen LogP contribution in [-0.2, 0) is 4.74 Å². The van der Waals surface area contributed by atoms with E-state index in [1.165, 1.54) is 32.1 Å². The van der Waals surface area contributed by atoms with Gasteiger partial charge in [0.05, 0.1) is 24.2 Å². The topological polar surface area (TPSA) is 33.0 Å². The van der Waals surface area contributed by atoms with Crippen LogP contribution in [0.15, 0.2) is 0 Å². The Morgan fingerprint density at radius 2 is 1.59 bits per heavy atom. The standard InChI is InChI=1S/C15H23NO/c1-15(2,3-4-16)17-14-12-6-10-5-11(8-12)9-13(14)7-10/h10-14H,3,5-9H2,1-2H3. The Morgan fingerprint density at radius 1 is 1.06 bits per heavy atom. The number of nitrogens with zero attached hydrogens (tertiary/aromatic N) is 1. The predicted octanol–water partition coefficient (Wildman–Crippen LogP) is 3.52. The summed E-state index contributed by atoms with van der Waals surface area (Å²) in [5.74, 6) is 3.58. The lowest BCUT2D eigenvalue weighted by Crippen LogP contribution is -2.51. The molecule has 0 heterocycles. The largest absolute Gasteiger partial charge is 0.371 e. The summed E-state index contributed by atoms with van der Waals surface area (Å²) in [5.41, 5.74) is -0.255. The van der Waals surface area contributed by atoms with Gasteiger partial charge in [-0.25, -0.2) is 0 Å². The fourth-order valence-electron chi connectivity index (χ4n) is 4.67. The van der Waals surface area contributed by atoms with Crippen molar-refractivity contribution in [2.75, 3.05) is 0 Å². The van der Waals surface area contributed by atoms with Gasteiger partial charge in [0.15, 0.2) is 0 Å². The van der Waals surface area contributed by atoms with E-state index in [0.29, 0.717) is 12.5 Å². The van der Waals surface area contributed by atoms with Crippen LogP contribution >= 0.6 is 0 Å². The fourth-order valence-corrected chi connectivity index (χ4v) is 4.67. The van der Waals surface area contributed by atoms with Gasteiger partial charge in [-0.3, -0.25) is 0 Å². The van der Waals surface area contributed by atoms with Gasteiger partial charge in [-0.2, -0.15) is 5.26 Å². The molecule has 4 rings (SSSR count). The van der Waals surface area contributed by atoms with E-state index >= 15 is 0 Å². The van der Waals surface area contributed by atoms with Crippen LogP contribution < -0.4 is 0 Å². The zero-order valence-electron chi connectivity index (χ0n) is 11.0. The Hall–Kier alpha value is -0.550. The van der Waals surface area contributed by atoms with Gasteiger partial charge in [0.1, 0.15) is 0 Å². The molecule has 0 saturated heterocycles. The van der Waals surface area contributed by atoms with Crippen molar-refractivity contribution >= 4 is 0 Å². The quantitative estimate of drug-likeness (QED) is 0.747. The molecule has 2 heteroatoms. The minimum Gasteiger partial charge on any atom is -0.371 e. The summed E-state index contributed by atoms with van der Waals surface area (Å²) in [4.78, 5) is 0. The van der Waals surface area contributed by atoms with Crippen LogP contribution in [0.1, 0.15) is 52.4 Å². The SMILES string of the molecule is CC(C)(CC#N)OC1C2CC3CC(C2)CC1C3. The number of hydrogen-bond acceptors (Lipinski definition) is 2. The van der Waals surface area contributed by atoms with Crippen LogP contribution in [-0.4, -0.2) is 11.7 Å². The van der Waals surface area contributed by atoms with Crippen LogP contribution in [0.3, 0.4) is 0 Å². The molecule has 0 aromatic carbocycles. The summed E-state index contributed by atoms with van der Waals surface area (Å²) in [7, 11) is 0. The lowest BCUT2D eigenvalue weighted by atomic mass is 9.55. The molecule has 2 nitrogen and oxygen atoms in total. The predicted molar refractivity (Wildman–Crippen MR) is 66.2 cm³/mol. The smallest absolute Gasteiger partial charge is 0.0759 e. The van der Waals surface area contributed by atoms with E-state index in [1.807, 2.05) is 0 Å². The molecule has 0 atom stereocenters. The monoisotopic (exact) mass is 233 g/mol. The summed E-state index contributed by atoms with van der Waals surface area (Å²) < 4.78 is 6.33. The second-order valence-electron chi connectivity index (χ2n) is 7.11. The van der Waals surface area contributed by atoms with Crippen molar-refractivity contribution in [3.05, 3.63) is 0 Å². The van der Waals surface area contributed by atoms with Crippen LogP contribution in [0, 0.1) is 35.0 Å². The highest BCUT2D eigenvalue weighted by molar-refractivity contribution is 5.00. The maximum atomic E-state index is 8.85. The Bertz CT molecular complexity index is 313. The highest BCUT2D eigenvalue weighted by atomic mass is 16.5. The van der Waals surface area contributed by atoms with Crippen molar-refractivity contribution in [2.45, 2.75) is 64.1 Å². The molecule has 0 radical (unpaired) electrons. The van der Waals surface area contributed by atoms with Gasteiger partial charge in [0.2, 0.25) is 0 Å². The number of hydrogen-bond donors (Lipinski definition) is 0. The average molecular weight is 233 g/mol. The highest BCUT2D eigenvalue weighted by Crippen LogP contribution is 2.55. The molecular formula is C15H23NO. The van der Waals surface area contributed by atoms with Crippen molar-refractivity contribution < 1.29 is 4.74 Å². The Balaban J connectivity index is 1.70. The third-order valence-corrected chi connectivity index (χ3v) is 5.10. The first-order valence-electron chi connectivity index (χ1n) is 7.12. The molecule has 0 aromatic rings. The lowest BCUT2D eigenvalue weighted by Gasteiger charge is -2.55. The van der Waals surface area contributed by atoms with Crippen LogP contribution in [0.25, 0.3) is 0 Å². The van der Waals surface area contributed by atoms with E-state index in [2.05, 4.69) is 19.9 Å². The molecule has 4 aliphatic rings. The van der Waals surface area contributed by atoms with Crippen molar-refractivity contribution in [2.24, 2.45) is 23.7 Å². The average Bonchev–Trinajstić information content (AvgIpc) is 2.22. The molecule has 4 bridgehead atoms. The van der Waals surface area contributed by atoms with Gasteiger partial charge in [-0.15, -0.1) is 0 Å². The second kappa shape index (κ2) is 3.99. The van der Waals surface area contributed by atoms with Gasteiger partial charge in [-0.05, 0) is 69.6 Å². The second-order valence-corrected chi connectivity index (χ2v) is 7.11. The summed E-state index contributed by atoms with van der Waals surface area (Å²) >= 11 is 0. The van der Waals surface area contributed by atoms with E-state index < -0.39 is 0 Å². The van der Waals surface area contributed by atoms with Gasteiger partial charge in [-0.1, -0.05) is 0 Å². The van der Waals surface area contributed by atoms with E-state index in [1.54, 1.807) is 0 Å². The normalized spacial score (nSPS) is 43.7.